The van der Waals surface area contributed by atoms with Crippen molar-refractivity contribution in [3.63, 3.8) is 0 Å². The lowest BCUT2D eigenvalue weighted by atomic mass is 10.0. The standard InChI is InChI=1S/C20H17ClFN3O4S/c1-24(30(2,28)29)18-13-4-3-7-23-17(13)19(26)16-14(18)10-25(20(16)27)9-11-5-6-12(22)8-15(11)21/h3-8,26H,9-10H2,1-2H3. The average Bonchev–Trinajstić information content (AvgIpc) is 3.00. The summed E-state index contributed by atoms with van der Waals surface area (Å²) >= 11 is 6.10. The zero-order valence-electron chi connectivity index (χ0n) is 16.1. The fraction of sp³-hybridized carbons (Fsp3) is 0.200. The highest BCUT2D eigenvalue weighted by Gasteiger charge is 2.37. The normalized spacial score (nSPS) is 13.7. The second-order valence-electron chi connectivity index (χ2n) is 7.08. The molecule has 0 atom stereocenters. The van der Waals surface area contributed by atoms with Gasteiger partial charge in [0.15, 0.2) is 5.75 Å². The van der Waals surface area contributed by atoms with E-state index in [1.165, 1.54) is 30.3 Å². The van der Waals surface area contributed by atoms with Crippen molar-refractivity contribution < 1.29 is 22.7 Å². The van der Waals surface area contributed by atoms with Crippen LogP contribution < -0.4 is 4.31 Å². The Labute approximate surface area is 177 Å². The number of amides is 1. The third-order valence-corrected chi connectivity index (χ3v) is 6.68. The summed E-state index contributed by atoms with van der Waals surface area (Å²) < 4.78 is 39.0. The fourth-order valence-corrected chi connectivity index (χ4v) is 4.41. The number of fused-ring (bicyclic) bond motifs is 2. The Bertz CT molecular complexity index is 1310. The molecule has 0 saturated heterocycles. The van der Waals surface area contributed by atoms with Crippen molar-refractivity contribution in [1.29, 1.82) is 0 Å². The van der Waals surface area contributed by atoms with Gasteiger partial charge in [-0.2, -0.15) is 0 Å². The summed E-state index contributed by atoms with van der Waals surface area (Å²) in [6.45, 7) is 0.118. The molecule has 0 bridgehead atoms. The smallest absolute Gasteiger partial charge is 0.258 e. The number of nitrogens with zero attached hydrogens (tertiary/aromatic N) is 3. The van der Waals surface area contributed by atoms with Crippen molar-refractivity contribution in [2.45, 2.75) is 13.1 Å². The number of anilines is 1. The molecule has 1 amide bonds. The minimum Gasteiger partial charge on any atom is -0.505 e. The number of aromatic nitrogens is 1. The highest BCUT2D eigenvalue weighted by atomic mass is 35.5. The molecule has 0 aliphatic carbocycles. The molecule has 3 aromatic rings. The molecule has 2 heterocycles. The Hall–Kier alpha value is -2.91. The largest absolute Gasteiger partial charge is 0.505 e. The first kappa shape index (κ1) is 20.4. The van der Waals surface area contributed by atoms with Gasteiger partial charge in [0.1, 0.15) is 11.3 Å². The molecule has 1 aliphatic heterocycles. The SMILES string of the molecule is CN(c1c2c(c(O)c3ncccc13)C(=O)N(Cc1ccc(F)cc1Cl)C2)S(C)(=O)=O. The van der Waals surface area contributed by atoms with Crippen molar-refractivity contribution >= 4 is 44.1 Å². The van der Waals surface area contributed by atoms with Gasteiger partial charge >= 0.3 is 0 Å². The minimum absolute atomic E-state index is 0.00457. The third kappa shape index (κ3) is 3.23. The Morgan fingerprint density at radius 2 is 2.07 bits per heavy atom. The molecule has 2 aromatic carbocycles. The monoisotopic (exact) mass is 449 g/mol. The van der Waals surface area contributed by atoms with Crippen LogP contribution in [0.5, 0.6) is 5.75 Å². The van der Waals surface area contributed by atoms with Gasteiger partial charge in [0, 0.05) is 42.3 Å². The molecule has 30 heavy (non-hydrogen) atoms. The molecule has 0 fully saturated rings. The van der Waals surface area contributed by atoms with E-state index in [9.17, 15) is 22.7 Å². The van der Waals surface area contributed by atoms with Crippen molar-refractivity contribution in [2.75, 3.05) is 17.6 Å². The second kappa shape index (κ2) is 7.10. The Morgan fingerprint density at radius 1 is 1.33 bits per heavy atom. The summed E-state index contributed by atoms with van der Waals surface area (Å²) in [5, 5.41) is 11.4. The minimum atomic E-state index is -3.66. The van der Waals surface area contributed by atoms with E-state index in [1.807, 2.05) is 0 Å². The molecule has 156 valence electrons. The molecule has 1 aromatic heterocycles. The number of hydrogen-bond acceptors (Lipinski definition) is 5. The van der Waals surface area contributed by atoms with E-state index in [0.717, 1.165) is 16.6 Å². The van der Waals surface area contributed by atoms with E-state index in [1.54, 1.807) is 12.1 Å². The summed E-state index contributed by atoms with van der Waals surface area (Å²) in [6.07, 6.45) is 2.51. The van der Waals surface area contributed by atoms with Crippen LogP contribution in [0.25, 0.3) is 10.9 Å². The first-order valence-corrected chi connectivity index (χ1v) is 11.1. The molecule has 0 spiro atoms. The number of rotatable bonds is 4. The van der Waals surface area contributed by atoms with E-state index in [0.29, 0.717) is 16.5 Å². The van der Waals surface area contributed by atoms with Crippen LogP contribution in [-0.4, -0.2) is 42.6 Å². The number of aromatic hydroxyl groups is 1. The van der Waals surface area contributed by atoms with E-state index < -0.39 is 21.7 Å². The maximum atomic E-state index is 13.4. The summed E-state index contributed by atoms with van der Waals surface area (Å²) in [4.78, 5) is 18.7. The number of halogens is 2. The van der Waals surface area contributed by atoms with Crippen LogP contribution in [0.4, 0.5) is 10.1 Å². The zero-order valence-corrected chi connectivity index (χ0v) is 17.6. The summed E-state index contributed by atoms with van der Waals surface area (Å²) in [7, 11) is -2.27. The van der Waals surface area contributed by atoms with Crippen molar-refractivity contribution in [2.24, 2.45) is 0 Å². The number of sulfonamides is 1. The first-order chi connectivity index (χ1) is 14.1. The summed E-state index contributed by atoms with van der Waals surface area (Å²) in [6, 6.07) is 7.15. The molecular formula is C20H17ClFN3O4S. The molecule has 10 heteroatoms. The maximum Gasteiger partial charge on any atom is 0.258 e. The maximum absolute atomic E-state index is 13.4. The lowest BCUT2D eigenvalue weighted by Gasteiger charge is -2.22. The molecule has 1 aliphatic rings. The van der Waals surface area contributed by atoms with Crippen LogP contribution in [0.1, 0.15) is 21.5 Å². The van der Waals surface area contributed by atoms with Crippen LogP contribution in [-0.2, 0) is 23.1 Å². The van der Waals surface area contributed by atoms with Gasteiger partial charge in [-0.1, -0.05) is 17.7 Å². The Balaban J connectivity index is 1.89. The number of phenolic OH excluding ortho intramolecular Hbond substituents is 1. The third-order valence-electron chi connectivity index (χ3n) is 5.15. The van der Waals surface area contributed by atoms with Crippen LogP contribution >= 0.6 is 11.6 Å². The molecule has 0 unspecified atom stereocenters. The van der Waals surface area contributed by atoms with Crippen LogP contribution in [0.3, 0.4) is 0 Å². The predicted octanol–water partition coefficient (Wildman–Crippen LogP) is 3.28. The van der Waals surface area contributed by atoms with E-state index in [2.05, 4.69) is 4.98 Å². The number of hydrogen-bond donors (Lipinski definition) is 1. The first-order valence-electron chi connectivity index (χ1n) is 8.89. The Morgan fingerprint density at radius 3 is 2.73 bits per heavy atom. The van der Waals surface area contributed by atoms with Crippen LogP contribution in [0.2, 0.25) is 5.02 Å². The highest BCUT2D eigenvalue weighted by molar-refractivity contribution is 7.92. The van der Waals surface area contributed by atoms with Gasteiger partial charge < -0.3 is 10.0 Å². The van der Waals surface area contributed by atoms with Gasteiger partial charge in [-0.25, -0.2) is 12.8 Å². The summed E-state index contributed by atoms with van der Waals surface area (Å²) in [5.74, 6) is -1.28. The van der Waals surface area contributed by atoms with Crippen molar-refractivity contribution in [3.05, 3.63) is 64.1 Å². The molecule has 4 rings (SSSR count). The fourth-order valence-electron chi connectivity index (χ4n) is 3.64. The van der Waals surface area contributed by atoms with Crippen molar-refractivity contribution in [1.82, 2.24) is 9.88 Å². The van der Waals surface area contributed by atoms with Crippen molar-refractivity contribution in [3.8, 4) is 5.75 Å². The average molecular weight is 450 g/mol. The van der Waals surface area contributed by atoms with Crippen LogP contribution in [0, 0.1) is 5.82 Å². The van der Waals surface area contributed by atoms with Crippen LogP contribution in [0.15, 0.2) is 36.5 Å². The van der Waals surface area contributed by atoms with E-state index >= 15 is 0 Å². The molecule has 0 saturated carbocycles. The van der Waals surface area contributed by atoms with E-state index in [4.69, 9.17) is 11.6 Å². The summed E-state index contributed by atoms with van der Waals surface area (Å²) in [5.41, 5.74) is 1.33. The zero-order chi connectivity index (χ0) is 21.8. The van der Waals surface area contributed by atoms with Gasteiger partial charge in [0.2, 0.25) is 10.0 Å². The van der Waals surface area contributed by atoms with Gasteiger partial charge in [-0.3, -0.25) is 14.1 Å². The predicted molar refractivity (Wildman–Crippen MR) is 112 cm³/mol. The lowest BCUT2D eigenvalue weighted by Crippen LogP contribution is -2.26. The van der Waals surface area contributed by atoms with Gasteiger partial charge in [0.25, 0.3) is 5.91 Å². The number of carbonyl (C=O) groups is 1. The lowest BCUT2D eigenvalue weighted by molar-refractivity contribution is 0.0765. The number of carbonyl (C=O) groups excluding carboxylic acids is 1. The Kier molecular flexibility index (Phi) is 4.82. The van der Waals surface area contributed by atoms with E-state index in [-0.39, 0.29) is 40.6 Å². The molecule has 1 N–H and O–H groups in total. The molecule has 7 nitrogen and oxygen atoms in total. The second-order valence-corrected chi connectivity index (χ2v) is 9.50. The van der Waals surface area contributed by atoms with Gasteiger partial charge in [0.05, 0.1) is 17.5 Å². The molecule has 0 radical (unpaired) electrons. The van der Waals surface area contributed by atoms with Gasteiger partial charge in [-0.15, -0.1) is 0 Å². The topological polar surface area (TPSA) is 90.8 Å². The number of benzene rings is 2. The number of pyridine rings is 1. The highest BCUT2D eigenvalue weighted by Crippen LogP contribution is 2.44. The number of phenols is 1. The molecular weight excluding hydrogens is 433 g/mol. The quantitative estimate of drug-likeness (QED) is 0.660. The van der Waals surface area contributed by atoms with Gasteiger partial charge in [-0.05, 0) is 29.8 Å².